The number of halogens is 1. The van der Waals surface area contributed by atoms with Crippen LogP contribution in [0.15, 0.2) is 0 Å². The molecule has 0 rings (SSSR count). The quantitative estimate of drug-likeness (QED) is 0.292. The Kier molecular flexibility index (Phi) is 96.7. The first-order valence-electron chi connectivity index (χ1n) is 0.447. The first-order valence-corrected chi connectivity index (χ1v) is 0.447. The molecule has 0 aromatic heterocycles. The van der Waals surface area contributed by atoms with Gasteiger partial charge >= 0.3 is 29.6 Å². The molecule has 1 nitrogen and oxygen atoms in total. The predicted molar refractivity (Wildman–Crippen MR) is 8.14 cm³/mol. The van der Waals surface area contributed by atoms with Crippen LogP contribution in [0.25, 0.3) is 0 Å². The van der Waals surface area contributed by atoms with E-state index in [1.165, 1.54) is 0 Å². The second-order valence-corrected chi connectivity index (χ2v) is 0. The Morgan fingerprint density at radius 3 is 1.25 bits per heavy atom. The van der Waals surface area contributed by atoms with Crippen LogP contribution in [0.1, 0.15) is 0 Å². The maximum atomic E-state index is 7.00. The summed E-state index contributed by atoms with van der Waals surface area (Å²) in [5, 5.41) is 7.00. The molecule has 4 heavy (non-hydrogen) atoms. The molecule has 3 heteroatoms. The van der Waals surface area contributed by atoms with Crippen LogP contribution in [0, 0.1) is 0 Å². The molecule has 0 heterocycles. The first kappa shape index (κ1) is 17.3. The van der Waals surface area contributed by atoms with Crippen molar-refractivity contribution >= 4 is 0 Å². The Morgan fingerprint density at radius 2 is 1.25 bits per heavy atom. The van der Waals surface area contributed by atoms with Crippen LogP contribution in [-0.4, -0.2) is 12.2 Å². The maximum Gasteiger partial charge on any atom is 1.00 e. The van der Waals surface area contributed by atoms with E-state index in [0.29, 0.717) is 0 Å². The summed E-state index contributed by atoms with van der Waals surface area (Å²) >= 11 is 0. The Balaban J connectivity index is -0.00000000500. The van der Waals surface area contributed by atoms with Crippen LogP contribution in [0.3, 0.4) is 0 Å². The molecular weight excluding hydrogens is 178 g/mol. The predicted octanol–water partition coefficient (Wildman–Crippen LogP) is -6.38. The van der Waals surface area contributed by atoms with Crippen molar-refractivity contribution in [3.8, 4) is 0 Å². The van der Waals surface area contributed by atoms with E-state index in [4.69, 9.17) is 5.11 Å². The van der Waals surface area contributed by atoms with Crippen molar-refractivity contribution in [2.45, 2.75) is 0 Å². The normalized spacial score (nSPS) is 1.50. The largest absolute Gasteiger partial charge is 1.00 e. The van der Waals surface area contributed by atoms with E-state index >= 15 is 0 Å². The Labute approximate surface area is 65.1 Å². The number of aliphatic hydroxyl groups excluding tert-OH is 1. The van der Waals surface area contributed by atoms with Crippen molar-refractivity contribution < 1.29 is 58.6 Å². The minimum atomic E-state index is 0. The molecule has 0 spiro atoms. The van der Waals surface area contributed by atoms with Crippen LogP contribution < -0.4 is 53.5 Å². The van der Waals surface area contributed by atoms with Gasteiger partial charge in [0.25, 0.3) is 0 Å². The third-order valence-electron chi connectivity index (χ3n) is 0. The van der Waals surface area contributed by atoms with Gasteiger partial charge in [0, 0.05) is 7.11 Å². The summed E-state index contributed by atoms with van der Waals surface area (Å²) in [6.07, 6.45) is 0. The fourth-order valence-electron chi connectivity index (χ4n) is 0. The van der Waals surface area contributed by atoms with E-state index in [2.05, 4.69) is 0 Å². The number of hydrogen-bond acceptors (Lipinski definition) is 1. The second-order valence-electron chi connectivity index (χ2n) is 0. The summed E-state index contributed by atoms with van der Waals surface area (Å²) in [7, 11) is 1.00. The first-order chi connectivity index (χ1) is 1.00. The van der Waals surface area contributed by atoms with E-state index in [0.717, 1.165) is 7.11 Å². The standard InChI is InChI=1S/CH4O.HI.Na/c1-2;;/h2H,1H3;1H;/q;;+1/p-1. The fraction of sp³-hybridized carbons (Fsp3) is 1.00. The number of hydrogen-bond donors (Lipinski definition) is 1. The molecule has 0 aromatic carbocycles. The van der Waals surface area contributed by atoms with Gasteiger partial charge in [-0.2, -0.15) is 0 Å². The molecule has 0 aliphatic carbocycles. The Bertz CT molecular complexity index is 8.00. The number of aliphatic hydroxyl groups is 1. The van der Waals surface area contributed by atoms with Gasteiger partial charge in [0.05, 0.1) is 0 Å². The molecule has 0 saturated carbocycles. The van der Waals surface area contributed by atoms with Gasteiger partial charge in [-0.15, -0.1) is 0 Å². The van der Waals surface area contributed by atoms with Crippen molar-refractivity contribution in [2.75, 3.05) is 7.11 Å². The Hall–Kier alpha value is 1.69. The molecule has 0 radical (unpaired) electrons. The monoisotopic (exact) mass is 182 g/mol. The van der Waals surface area contributed by atoms with Gasteiger partial charge < -0.3 is 29.1 Å². The van der Waals surface area contributed by atoms with Crippen molar-refractivity contribution in [3.05, 3.63) is 0 Å². The van der Waals surface area contributed by atoms with Crippen LogP contribution in [0.2, 0.25) is 0 Å². The van der Waals surface area contributed by atoms with Gasteiger partial charge in [-0.25, -0.2) is 0 Å². The third-order valence-corrected chi connectivity index (χ3v) is 0. The molecule has 22 valence electrons. The number of rotatable bonds is 0. The third kappa shape index (κ3) is 9.35. The van der Waals surface area contributed by atoms with E-state index in [1.54, 1.807) is 0 Å². The van der Waals surface area contributed by atoms with Crippen LogP contribution >= 0.6 is 0 Å². The average molecular weight is 182 g/mol. The van der Waals surface area contributed by atoms with E-state index in [9.17, 15) is 0 Å². The molecule has 0 aromatic rings. The molecule has 0 aliphatic rings. The minimum absolute atomic E-state index is 0. The van der Waals surface area contributed by atoms with Crippen molar-refractivity contribution in [1.29, 1.82) is 0 Å². The minimum Gasteiger partial charge on any atom is -1.00 e. The molecule has 0 unspecified atom stereocenters. The molecule has 1 N–H and O–H groups in total. The maximum absolute atomic E-state index is 7.00. The van der Waals surface area contributed by atoms with Gasteiger partial charge in [0.15, 0.2) is 0 Å². The smallest absolute Gasteiger partial charge is 1.00 e. The summed E-state index contributed by atoms with van der Waals surface area (Å²) in [5.41, 5.74) is 0. The fourth-order valence-corrected chi connectivity index (χ4v) is 0. The molecule has 0 aliphatic heterocycles. The summed E-state index contributed by atoms with van der Waals surface area (Å²) in [6, 6.07) is 0. The van der Waals surface area contributed by atoms with Crippen molar-refractivity contribution in [3.63, 3.8) is 0 Å². The molecule has 0 atom stereocenters. The molecule has 0 amide bonds. The summed E-state index contributed by atoms with van der Waals surface area (Å²) in [6.45, 7) is 0. The van der Waals surface area contributed by atoms with Crippen LogP contribution in [0.4, 0.5) is 0 Å². The zero-order valence-electron chi connectivity index (χ0n) is 2.83. The molecular formula is CH4INaO. The summed E-state index contributed by atoms with van der Waals surface area (Å²) in [5.74, 6) is 0. The zero-order valence-corrected chi connectivity index (χ0v) is 6.98. The van der Waals surface area contributed by atoms with Crippen LogP contribution in [0.5, 0.6) is 0 Å². The average Bonchev–Trinajstić information content (AvgIpc) is 1.00. The van der Waals surface area contributed by atoms with E-state index in [-0.39, 0.29) is 53.5 Å². The molecule has 0 fully saturated rings. The molecule has 0 bridgehead atoms. The topological polar surface area (TPSA) is 20.2 Å². The second kappa shape index (κ2) is 22.4. The SMILES string of the molecule is CO.[I-].[Na+]. The van der Waals surface area contributed by atoms with Crippen LogP contribution in [-0.2, 0) is 0 Å². The van der Waals surface area contributed by atoms with Gasteiger partial charge in [0.1, 0.15) is 0 Å². The summed E-state index contributed by atoms with van der Waals surface area (Å²) < 4.78 is 0. The van der Waals surface area contributed by atoms with Crippen molar-refractivity contribution in [1.82, 2.24) is 0 Å². The van der Waals surface area contributed by atoms with Gasteiger partial charge in [-0.3, -0.25) is 0 Å². The molecule has 0 saturated heterocycles. The van der Waals surface area contributed by atoms with Gasteiger partial charge in [0.2, 0.25) is 0 Å². The zero-order chi connectivity index (χ0) is 2.00. The van der Waals surface area contributed by atoms with E-state index in [1.807, 2.05) is 0 Å². The van der Waals surface area contributed by atoms with Gasteiger partial charge in [-0.1, -0.05) is 0 Å². The summed E-state index contributed by atoms with van der Waals surface area (Å²) in [4.78, 5) is 0. The van der Waals surface area contributed by atoms with E-state index < -0.39 is 0 Å². The van der Waals surface area contributed by atoms with Gasteiger partial charge in [-0.05, 0) is 0 Å². The van der Waals surface area contributed by atoms with Crippen molar-refractivity contribution in [2.24, 2.45) is 0 Å². The Morgan fingerprint density at radius 1 is 1.25 bits per heavy atom.